The van der Waals surface area contributed by atoms with Crippen molar-refractivity contribution in [2.24, 2.45) is 0 Å². The van der Waals surface area contributed by atoms with Gasteiger partial charge in [-0.05, 0) is 12.1 Å². The molecule has 2 aromatic heterocycles. The maximum atomic E-state index is 10.8. The Kier molecular flexibility index (Phi) is 3.26. The number of nitrogens with zero attached hydrogens (tertiary/aromatic N) is 5. The molecule has 0 fully saturated rings. The van der Waals surface area contributed by atoms with E-state index in [0.29, 0.717) is 0 Å². The summed E-state index contributed by atoms with van der Waals surface area (Å²) in [6.45, 7) is 0. The maximum Gasteiger partial charge on any atom is 0.356 e. The number of aromatic nitrogens is 5. The minimum absolute atomic E-state index is 0.0145. The molecule has 8 nitrogen and oxygen atoms in total. The number of para-hydroxylation sites is 1. The van der Waals surface area contributed by atoms with Crippen LogP contribution in [0.5, 0.6) is 11.9 Å². The molecular weight excluding hydrogens is 274 g/mol. The fourth-order valence-corrected chi connectivity index (χ4v) is 1.59. The SMILES string of the molecule is O=C(O)c1cncc(Oc2ncn(-c3ccccc3)n2)n1. The van der Waals surface area contributed by atoms with E-state index >= 15 is 0 Å². The summed E-state index contributed by atoms with van der Waals surface area (Å²) in [6, 6.07) is 9.42. The highest BCUT2D eigenvalue weighted by molar-refractivity contribution is 5.84. The van der Waals surface area contributed by atoms with Crippen LogP contribution in [0.2, 0.25) is 0 Å². The first kappa shape index (κ1) is 12.7. The van der Waals surface area contributed by atoms with E-state index in [1.165, 1.54) is 17.2 Å². The monoisotopic (exact) mass is 283 g/mol. The summed E-state index contributed by atoms with van der Waals surface area (Å²) >= 11 is 0. The molecule has 0 saturated heterocycles. The van der Waals surface area contributed by atoms with E-state index in [9.17, 15) is 4.79 Å². The predicted octanol–water partition coefficient (Wildman–Crippen LogP) is 1.55. The Labute approximate surface area is 118 Å². The number of aromatic carboxylic acids is 1. The van der Waals surface area contributed by atoms with Crippen LogP contribution < -0.4 is 4.74 Å². The molecule has 0 spiro atoms. The standard InChI is InChI=1S/C13H9N5O3/c19-12(20)10-6-14-7-11(16-10)21-13-15-8-18(17-13)9-4-2-1-3-5-9/h1-8H,(H,19,20). The molecule has 0 radical (unpaired) electrons. The van der Waals surface area contributed by atoms with E-state index in [2.05, 4.69) is 20.1 Å². The Hall–Kier alpha value is -3.29. The van der Waals surface area contributed by atoms with Gasteiger partial charge in [0.05, 0.1) is 18.1 Å². The van der Waals surface area contributed by atoms with Gasteiger partial charge in [0, 0.05) is 0 Å². The Morgan fingerprint density at radius 1 is 1.19 bits per heavy atom. The summed E-state index contributed by atoms with van der Waals surface area (Å²) < 4.78 is 6.82. The molecule has 3 aromatic rings. The summed E-state index contributed by atoms with van der Waals surface area (Å²) in [5.74, 6) is -1.17. The third kappa shape index (κ3) is 2.84. The number of carbonyl (C=O) groups is 1. The van der Waals surface area contributed by atoms with E-state index in [4.69, 9.17) is 9.84 Å². The minimum atomic E-state index is -1.18. The molecule has 0 atom stereocenters. The molecule has 0 bridgehead atoms. The van der Waals surface area contributed by atoms with Crippen molar-refractivity contribution in [3.05, 3.63) is 54.7 Å². The van der Waals surface area contributed by atoms with Crippen molar-refractivity contribution in [3.8, 4) is 17.6 Å². The molecule has 0 aliphatic rings. The van der Waals surface area contributed by atoms with Gasteiger partial charge in [0.2, 0.25) is 5.88 Å². The molecule has 0 aliphatic carbocycles. The van der Waals surface area contributed by atoms with Gasteiger partial charge in [-0.3, -0.25) is 4.98 Å². The van der Waals surface area contributed by atoms with Crippen LogP contribution in [0.15, 0.2) is 49.1 Å². The van der Waals surface area contributed by atoms with Crippen molar-refractivity contribution in [2.75, 3.05) is 0 Å². The fraction of sp³-hybridized carbons (Fsp3) is 0. The van der Waals surface area contributed by atoms with Crippen LogP contribution in [0.4, 0.5) is 0 Å². The highest BCUT2D eigenvalue weighted by atomic mass is 16.5. The van der Waals surface area contributed by atoms with Gasteiger partial charge in [-0.15, -0.1) is 5.10 Å². The molecule has 1 N–H and O–H groups in total. The topological polar surface area (TPSA) is 103 Å². The zero-order valence-electron chi connectivity index (χ0n) is 10.6. The lowest BCUT2D eigenvalue weighted by Gasteiger charge is -2.00. The number of benzene rings is 1. The number of carboxylic acid groups (broad SMARTS) is 1. The Balaban J connectivity index is 1.82. The van der Waals surface area contributed by atoms with Crippen LogP contribution in [-0.4, -0.2) is 35.8 Å². The molecule has 1 aromatic carbocycles. The second-order valence-corrected chi connectivity index (χ2v) is 3.96. The van der Waals surface area contributed by atoms with Gasteiger partial charge in [-0.25, -0.2) is 14.5 Å². The van der Waals surface area contributed by atoms with Crippen molar-refractivity contribution in [3.63, 3.8) is 0 Å². The van der Waals surface area contributed by atoms with Gasteiger partial charge in [0.25, 0.3) is 0 Å². The number of carboxylic acids is 1. The summed E-state index contributed by atoms with van der Waals surface area (Å²) in [4.78, 5) is 22.3. The van der Waals surface area contributed by atoms with Crippen LogP contribution in [0.3, 0.4) is 0 Å². The van der Waals surface area contributed by atoms with E-state index in [0.717, 1.165) is 11.9 Å². The summed E-state index contributed by atoms with van der Waals surface area (Å²) in [7, 11) is 0. The van der Waals surface area contributed by atoms with Gasteiger partial charge < -0.3 is 9.84 Å². The first-order valence-electron chi connectivity index (χ1n) is 5.92. The van der Waals surface area contributed by atoms with E-state index in [1.54, 1.807) is 0 Å². The number of rotatable bonds is 4. The Morgan fingerprint density at radius 3 is 2.76 bits per heavy atom. The van der Waals surface area contributed by atoms with Crippen molar-refractivity contribution >= 4 is 5.97 Å². The smallest absolute Gasteiger partial charge is 0.356 e. The van der Waals surface area contributed by atoms with Crippen LogP contribution in [0, 0.1) is 0 Å². The molecule has 0 saturated carbocycles. The quantitative estimate of drug-likeness (QED) is 0.774. The van der Waals surface area contributed by atoms with Gasteiger partial charge in [0.15, 0.2) is 5.69 Å². The zero-order chi connectivity index (χ0) is 14.7. The summed E-state index contributed by atoms with van der Waals surface area (Å²) in [6.07, 6.45) is 3.90. The van der Waals surface area contributed by atoms with Crippen molar-refractivity contribution < 1.29 is 14.6 Å². The van der Waals surface area contributed by atoms with Crippen molar-refractivity contribution in [1.29, 1.82) is 0 Å². The average molecular weight is 283 g/mol. The predicted molar refractivity (Wildman–Crippen MR) is 70.4 cm³/mol. The van der Waals surface area contributed by atoms with E-state index in [-0.39, 0.29) is 17.6 Å². The summed E-state index contributed by atoms with van der Waals surface area (Å²) in [5.41, 5.74) is 0.611. The Morgan fingerprint density at radius 2 is 2.00 bits per heavy atom. The zero-order valence-corrected chi connectivity index (χ0v) is 10.6. The first-order chi connectivity index (χ1) is 10.2. The molecular formula is C13H9N5O3. The maximum absolute atomic E-state index is 10.8. The van der Waals surface area contributed by atoms with Crippen LogP contribution in [0.25, 0.3) is 5.69 Å². The molecule has 21 heavy (non-hydrogen) atoms. The third-order valence-corrected chi connectivity index (χ3v) is 2.52. The number of hydrogen-bond acceptors (Lipinski definition) is 6. The second-order valence-electron chi connectivity index (χ2n) is 3.96. The lowest BCUT2D eigenvalue weighted by atomic mass is 10.3. The van der Waals surface area contributed by atoms with Gasteiger partial charge >= 0.3 is 12.0 Å². The minimum Gasteiger partial charge on any atom is -0.476 e. The van der Waals surface area contributed by atoms with Crippen molar-refractivity contribution in [1.82, 2.24) is 24.7 Å². The van der Waals surface area contributed by atoms with Crippen LogP contribution in [0.1, 0.15) is 10.5 Å². The highest BCUT2D eigenvalue weighted by Gasteiger charge is 2.10. The van der Waals surface area contributed by atoms with Crippen LogP contribution >= 0.6 is 0 Å². The van der Waals surface area contributed by atoms with Gasteiger partial charge in [-0.2, -0.15) is 4.98 Å². The lowest BCUT2D eigenvalue weighted by molar-refractivity contribution is 0.0689. The summed E-state index contributed by atoms with van der Waals surface area (Å²) in [5, 5.41) is 13.0. The molecule has 2 heterocycles. The normalized spacial score (nSPS) is 10.3. The average Bonchev–Trinajstić information content (AvgIpc) is 2.97. The largest absolute Gasteiger partial charge is 0.476 e. The lowest BCUT2D eigenvalue weighted by Crippen LogP contribution is -2.02. The number of ether oxygens (including phenoxy) is 1. The first-order valence-corrected chi connectivity index (χ1v) is 5.92. The van der Waals surface area contributed by atoms with E-state index < -0.39 is 5.97 Å². The third-order valence-electron chi connectivity index (χ3n) is 2.52. The molecule has 0 amide bonds. The molecule has 104 valence electrons. The molecule has 3 rings (SSSR count). The fourth-order valence-electron chi connectivity index (χ4n) is 1.59. The molecule has 8 heteroatoms. The molecule has 0 aliphatic heterocycles. The Bertz CT molecular complexity index is 772. The second kappa shape index (κ2) is 5.37. The highest BCUT2D eigenvalue weighted by Crippen LogP contribution is 2.15. The van der Waals surface area contributed by atoms with Crippen LogP contribution in [-0.2, 0) is 0 Å². The van der Waals surface area contributed by atoms with E-state index in [1.807, 2.05) is 30.3 Å². The van der Waals surface area contributed by atoms with Crippen molar-refractivity contribution in [2.45, 2.75) is 0 Å². The number of hydrogen-bond donors (Lipinski definition) is 1. The van der Waals surface area contributed by atoms with Gasteiger partial charge in [-0.1, -0.05) is 18.2 Å². The van der Waals surface area contributed by atoms with Gasteiger partial charge in [0.1, 0.15) is 6.33 Å². The molecule has 0 unspecified atom stereocenters.